The predicted octanol–water partition coefficient (Wildman–Crippen LogP) is 4.44. The molecule has 2 aliphatic rings. The maximum absolute atomic E-state index is 13.6. The third-order valence-corrected chi connectivity index (χ3v) is 8.47. The molecular weight excluding hydrogens is 545 g/mol. The molecule has 1 amide bonds. The van der Waals surface area contributed by atoms with Gasteiger partial charge in [-0.2, -0.15) is 26.3 Å². The third kappa shape index (κ3) is 4.75. The number of aliphatic hydroxyl groups is 1. The number of carbonyl (C=O) groups is 1. The first-order valence-corrected chi connectivity index (χ1v) is 12.7. The van der Waals surface area contributed by atoms with Crippen LogP contribution in [0, 0.1) is 5.82 Å². The molecule has 2 heterocycles. The highest BCUT2D eigenvalue weighted by Gasteiger charge is 2.71. The highest BCUT2D eigenvalue weighted by atomic mass is 32.2. The van der Waals surface area contributed by atoms with Crippen molar-refractivity contribution >= 4 is 21.6 Å². The molecule has 4 rings (SSSR count). The largest absolute Gasteiger partial charge is 0.430 e. The number of benzene rings is 2. The Bertz CT molecular complexity index is 1330. The van der Waals surface area contributed by atoms with Crippen molar-refractivity contribution in [3.63, 3.8) is 0 Å². The lowest BCUT2D eigenvalue weighted by Crippen LogP contribution is -2.54. The van der Waals surface area contributed by atoms with Gasteiger partial charge in [-0.05, 0) is 48.7 Å². The van der Waals surface area contributed by atoms with Crippen molar-refractivity contribution in [2.24, 2.45) is 0 Å². The van der Waals surface area contributed by atoms with Crippen LogP contribution in [-0.2, 0) is 26.8 Å². The first-order valence-electron chi connectivity index (χ1n) is 11.3. The molecule has 6 nitrogen and oxygen atoms in total. The van der Waals surface area contributed by atoms with E-state index in [0.29, 0.717) is 25.2 Å². The molecule has 38 heavy (non-hydrogen) atoms. The van der Waals surface area contributed by atoms with Crippen molar-refractivity contribution in [1.29, 1.82) is 0 Å². The van der Waals surface area contributed by atoms with E-state index in [1.807, 2.05) is 0 Å². The van der Waals surface area contributed by atoms with Crippen molar-refractivity contribution < 1.29 is 49.1 Å². The van der Waals surface area contributed by atoms with Gasteiger partial charge in [-0.3, -0.25) is 9.10 Å². The Balaban J connectivity index is 1.82. The van der Waals surface area contributed by atoms with Crippen LogP contribution in [0.15, 0.2) is 59.5 Å². The normalized spacial score (nSPS) is 18.6. The lowest BCUT2D eigenvalue weighted by molar-refractivity contribution is -0.376. The molecule has 0 fully saturated rings. The zero-order valence-electron chi connectivity index (χ0n) is 19.4. The molecule has 0 bridgehead atoms. The van der Waals surface area contributed by atoms with Gasteiger partial charge in [0.2, 0.25) is 5.91 Å². The Morgan fingerprint density at radius 1 is 0.947 bits per heavy atom. The SMILES string of the molecule is O=C(CC1CCc2cc(C(O)(C(F)(F)F)C(F)(F)F)ccc2N1S(=O)(=O)c1ccc(F)cc1)N1CC=CC1. The molecule has 2 aliphatic heterocycles. The van der Waals surface area contributed by atoms with Crippen LogP contribution in [0.3, 0.4) is 0 Å². The average molecular weight is 566 g/mol. The molecule has 0 aromatic heterocycles. The summed E-state index contributed by atoms with van der Waals surface area (Å²) in [6, 6.07) is 4.24. The smallest absolute Gasteiger partial charge is 0.369 e. The first-order chi connectivity index (χ1) is 17.6. The fourth-order valence-electron chi connectivity index (χ4n) is 4.59. The fourth-order valence-corrected chi connectivity index (χ4v) is 6.31. The number of amides is 1. The Kier molecular flexibility index (Phi) is 7.02. The maximum Gasteiger partial charge on any atom is 0.430 e. The summed E-state index contributed by atoms with van der Waals surface area (Å²) < 4.78 is 122. The number of hydrogen-bond donors (Lipinski definition) is 1. The van der Waals surface area contributed by atoms with Gasteiger partial charge in [0.1, 0.15) is 5.82 Å². The lowest BCUT2D eigenvalue weighted by Gasteiger charge is -2.39. The molecule has 0 spiro atoms. The minimum absolute atomic E-state index is 0.111. The monoisotopic (exact) mass is 566 g/mol. The second-order valence-electron chi connectivity index (χ2n) is 8.97. The van der Waals surface area contributed by atoms with Gasteiger partial charge in [-0.1, -0.05) is 24.3 Å². The third-order valence-electron chi connectivity index (χ3n) is 6.59. The Labute approximate surface area is 213 Å². The predicted molar refractivity (Wildman–Crippen MR) is 121 cm³/mol. The van der Waals surface area contributed by atoms with Crippen LogP contribution in [0.2, 0.25) is 0 Å². The molecule has 0 aliphatic carbocycles. The van der Waals surface area contributed by atoms with Gasteiger partial charge >= 0.3 is 12.4 Å². The van der Waals surface area contributed by atoms with E-state index in [9.17, 15) is 49.1 Å². The van der Waals surface area contributed by atoms with E-state index in [0.717, 1.165) is 34.6 Å². The highest BCUT2D eigenvalue weighted by Crippen LogP contribution is 2.51. The number of nitrogens with zero attached hydrogens (tertiary/aromatic N) is 2. The van der Waals surface area contributed by atoms with Crippen molar-refractivity contribution in [2.75, 3.05) is 17.4 Å². The number of anilines is 1. The summed E-state index contributed by atoms with van der Waals surface area (Å²) in [6.07, 6.45) is -9.34. The highest BCUT2D eigenvalue weighted by molar-refractivity contribution is 7.92. The van der Waals surface area contributed by atoms with Crippen LogP contribution in [-0.4, -0.2) is 55.8 Å². The van der Waals surface area contributed by atoms with Gasteiger partial charge in [0.15, 0.2) is 0 Å². The summed E-state index contributed by atoms with van der Waals surface area (Å²) in [5.74, 6) is -1.14. The summed E-state index contributed by atoms with van der Waals surface area (Å²) in [4.78, 5) is 13.9. The summed E-state index contributed by atoms with van der Waals surface area (Å²) in [5, 5.41) is 9.81. The van der Waals surface area contributed by atoms with E-state index in [-0.39, 0.29) is 30.5 Å². The van der Waals surface area contributed by atoms with E-state index in [2.05, 4.69) is 0 Å². The van der Waals surface area contributed by atoms with Gasteiger partial charge < -0.3 is 10.0 Å². The van der Waals surface area contributed by atoms with Gasteiger partial charge in [-0.25, -0.2) is 12.8 Å². The van der Waals surface area contributed by atoms with Gasteiger partial charge in [-0.15, -0.1) is 0 Å². The number of hydrogen-bond acceptors (Lipinski definition) is 4. The van der Waals surface area contributed by atoms with Crippen molar-refractivity contribution in [3.8, 4) is 0 Å². The Hall–Kier alpha value is -3.13. The van der Waals surface area contributed by atoms with Crippen LogP contribution in [0.5, 0.6) is 0 Å². The van der Waals surface area contributed by atoms with Crippen LogP contribution in [0.1, 0.15) is 24.0 Å². The zero-order chi connectivity index (χ0) is 28.1. The molecule has 0 saturated carbocycles. The van der Waals surface area contributed by atoms with Crippen molar-refractivity contribution in [2.45, 2.75) is 48.2 Å². The molecule has 2 aromatic rings. The molecule has 1 N–H and O–H groups in total. The quantitative estimate of drug-likeness (QED) is 0.429. The zero-order valence-corrected chi connectivity index (χ0v) is 20.2. The van der Waals surface area contributed by atoms with Gasteiger partial charge in [0.25, 0.3) is 15.6 Å². The minimum atomic E-state index is -6.12. The molecule has 0 saturated heterocycles. The van der Waals surface area contributed by atoms with Crippen molar-refractivity contribution in [3.05, 3.63) is 71.6 Å². The number of halogens is 7. The number of sulfonamides is 1. The van der Waals surface area contributed by atoms with E-state index >= 15 is 0 Å². The molecule has 206 valence electrons. The summed E-state index contributed by atoms with van der Waals surface area (Å²) >= 11 is 0. The summed E-state index contributed by atoms with van der Waals surface area (Å²) in [6.45, 7) is 0.618. The molecule has 1 unspecified atom stereocenters. The topological polar surface area (TPSA) is 77.9 Å². The Morgan fingerprint density at radius 3 is 2.08 bits per heavy atom. The number of alkyl halides is 6. The molecule has 0 radical (unpaired) electrons. The molecule has 14 heteroatoms. The number of rotatable bonds is 5. The van der Waals surface area contributed by atoms with Gasteiger partial charge in [0, 0.05) is 25.1 Å². The van der Waals surface area contributed by atoms with Gasteiger partial charge in [0.05, 0.1) is 16.6 Å². The Morgan fingerprint density at radius 2 is 1.53 bits per heavy atom. The first kappa shape index (κ1) is 27.9. The fraction of sp³-hybridized carbons (Fsp3) is 0.375. The standard InChI is InChI=1S/C24H21F7N2O4S/c25-17-5-8-19(9-6-17)38(36,37)33-18(14-21(34)32-11-1-2-12-32)7-3-15-13-16(4-10-20(15)33)22(35,23(26,27)28)24(29,30)31/h1-2,4-6,8-10,13,18,35H,3,7,11-12,14H2. The minimum Gasteiger partial charge on any atom is -0.369 e. The van der Waals surface area contributed by atoms with E-state index in [1.165, 1.54) is 4.90 Å². The van der Waals surface area contributed by atoms with Crippen LogP contribution in [0.25, 0.3) is 0 Å². The second-order valence-corrected chi connectivity index (χ2v) is 10.8. The number of aryl methyl sites for hydroxylation is 1. The maximum atomic E-state index is 13.6. The molecule has 2 aromatic carbocycles. The van der Waals surface area contributed by atoms with Crippen molar-refractivity contribution in [1.82, 2.24) is 4.90 Å². The summed E-state index contributed by atoms with van der Waals surface area (Å²) in [5.41, 5.74) is -7.15. The van der Waals surface area contributed by atoms with E-state index < -0.39 is 56.2 Å². The second kappa shape index (κ2) is 9.56. The number of carbonyl (C=O) groups excluding carboxylic acids is 1. The average Bonchev–Trinajstić information content (AvgIpc) is 3.37. The number of fused-ring (bicyclic) bond motifs is 1. The molecule has 1 atom stereocenters. The summed E-state index contributed by atoms with van der Waals surface area (Å²) in [7, 11) is -4.54. The van der Waals surface area contributed by atoms with Crippen LogP contribution < -0.4 is 4.31 Å². The lowest BCUT2D eigenvalue weighted by atomic mass is 9.87. The molecular formula is C24H21F7N2O4S. The van der Waals surface area contributed by atoms with Crippen LogP contribution >= 0.6 is 0 Å². The van der Waals surface area contributed by atoms with E-state index in [1.54, 1.807) is 12.2 Å². The van der Waals surface area contributed by atoms with Crippen LogP contribution in [0.4, 0.5) is 36.4 Å². The van der Waals surface area contributed by atoms with E-state index in [4.69, 9.17) is 0 Å².